The number of hydrogen-bond acceptors (Lipinski definition) is 2. The molecule has 1 aromatic carbocycles. The fourth-order valence-electron chi connectivity index (χ4n) is 3.69. The Morgan fingerprint density at radius 1 is 0.962 bits per heavy atom. The van der Waals surface area contributed by atoms with Crippen LogP contribution in [0.1, 0.15) is 39.2 Å². The number of fused-ring (bicyclic) bond motifs is 1. The maximum atomic E-state index is 5.49. The molecule has 0 spiro atoms. The van der Waals surface area contributed by atoms with E-state index >= 15 is 0 Å². The van der Waals surface area contributed by atoms with Crippen molar-refractivity contribution in [1.29, 1.82) is 0 Å². The van der Waals surface area contributed by atoms with Crippen molar-refractivity contribution in [1.82, 2.24) is 0 Å². The summed E-state index contributed by atoms with van der Waals surface area (Å²) >= 11 is 0. The Bertz CT molecular complexity index is 654. The van der Waals surface area contributed by atoms with Crippen LogP contribution in [0.4, 0.5) is 0 Å². The zero-order chi connectivity index (χ0) is 18.4. The lowest BCUT2D eigenvalue weighted by Gasteiger charge is -2.29. The van der Waals surface area contributed by atoms with Gasteiger partial charge in [-0.25, -0.2) is 0 Å². The number of nitrogens with one attached hydrogen (secondary N) is 2. The molecule has 0 bridgehead atoms. The lowest BCUT2D eigenvalue weighted by molar-refractivity contribution is -1.02. The Morgan fingerprint density at radius 2 is 1.69 bits per heavy atom. The van der Waals surface area contributed by atoms with Crippen LogP contribution in [0.15, 0.2) is 41.5 Å². The number of quaternary nitrogens is 2. The van der Waals surface area contributed by atoms with Crippen molar-refractivity contribution < 1.29 is 19.3 Å². The lowest BCUT2D eigenvalue weighted by atomic mass is 10.1. The molecule has 4 heteroatoms. The fourth-order valence-corrected chi connectivity index (χ4v) is 3.69. The predicted molar refractivity (Wildman–Crippen MR) is 105 cm³/mol. The molecule has 1 saturated heterocycles. The van der Waals surface area contributed by atoms with Crippen molar-refractivity contribution in [2.75, 3.05) is 39.5 Å². The molecule has 0 aromatic heterocycles. The fraction of sp³-hybridized carbons (Fsp3) is 0.545. The van der Waals surface area contributed by atoms with E-state index in [1.165, 1.54) is 62.3 Å². The first-order valence-corrected chi connectivity index (χ1v) is 9.95. The minimum absolute atomic E-state index is 0.356. The highest BCUT2D eigenvalue weighted by molar-refractivity contribution is 5.44. The van der Waals surface area contributed by atoms with Gasteiger partial charge in [0.1, 0.15) is 32.7 Å². The molecule has 2 N–H and O–H groups in total. The number of benzene rings is 1. The maximum absolute atomic E-state index is 5.49. The third kappa shape index (κ3) is 5.61. The number of rotatable bonds is 7. The summed E-state index contributed by atoms with van der Waals surface area (Å²) in [5.41, 5.74) is 4.30. The van der Waals surface area contributed by atoms with Crippen molar-refractivity contribution in [3.63, 3.8) is 0 Å². The van der Waals surface area contributed by atoms with E-state index in [9.17, 15) is 0 Å². The maximum Gasteiger partial charge on any atom is 0.231 e. The summed E-state index contributed by atoms with van der Waals surface area (Å²) in [5.74, 6) is 1.78. The predicted octanol–water partition coefficient (Wildman–Crippen LogP) is 1.39. The quantitative estimate of drug-likeness (QED) is 0.721. The SMILES string of the molecule is CC(C)=CCC/C(C)=C/C[NH+]1CC[NH+](Cc2ccc3c(c2)OCO3)CC1. The van der Waals surface area contributed by atoms with E-state index in [1.54, 1.807) is 9.80 Å². The van der Waals surface area contributed by atoms with E-state index in [1.807, 2.05) is 6.07 Å². The van der Waals surface area contributed by atoms with Gasteiger partial charge in [-0.3, -0.25) is 0 Å². The molecule has 0 atom stereocenters. The zero-order valence-corrected chi connectivity index (χ0v) is 16.6. The van der Waals surface area contributed by atoms with E-state index in [2.05, 4.69) is 45.1 Å². The minimum Gasteiger partial charge on any atom is -0.454 e. The summed E-state index contributed by atoms with van der Waals surface area (Å²) in [6.07, 6.45) is 7.16. The molecule has 2 heterocycles. The molecule has 0 aliphatic carbocycles. The standard InChI is InChI=1S/C22H32N2O2/c1-18(2)5-4-6-19(3)9-10-23-11-13-24(14-12-23)16-20-7-8-21-22(15-20)26-17-25-21/h5,7-9,15H,4,6,10-14,16-17H2,1-3H3/p+2/b19-9+. The van der Waals surface area contributed by atoms with Gasteiger partial charge < -0.3 is 19.3 Å². The van der Waals surface area contributed by atoms with E-state index in [4.69, 9.17) is 9.47 Å². The third-order valence-corrected chi connectivity index (χ3v) is 5.39. The Balaban J connectivity index is 1.39. The van der Waals surface area contributed by atoms with E-state index in [-0.39, 0.29) is 0 Å². The smallest absolute Gasteiger partial charge is 0.231 e. The third-order valence-electron chi connectivity index (χ3n) is 5.39. The van der Waals surface area contributed by atoms with Crippen LogP contribution in [0, 0.1) is 0 Å². The normalized spacial score (nSPS) is 22.3. The van der Waals surface area contributed by atoms with Crippen LogP contribution in [-0.4, -0.2) is 39.5 Å². The molecule has 0 amide bonds. The molecule has 26 heavy (non-hydrogen) atoms. The summed E-state index contributed by atoms with van der Waals surface area (Å²) in [4.78, 5) is 3.40. The van der Waals surface area contributed by atoms with Crippen molar-refractivity contribution in [2.24, 2.45) is 0 Å². The van der Waals surface area contributed by atoms with Gasteiger partial charge in [0.05, 0.1) is 6.54 Å². The highest BCUT2D eigenvalue weighted by Gasteiger charge is 2.23. The van der Waals surface area contributed by atoms with Gasteiger partial charge in [-0.1, -0.05) is 17.2 Å². The second-order valence-corrected chi connectivity index (χ2v) is 7.94. The summed E-state index contributed by atoms with van der Waals surface area (Å²) in [6.45, 7) is 14.3. The summed E-state index contributed by atoms with van der Waals surface area (Å²) in [5, 5.41) is 0. The highest BCUT2D eigenvalue weighted by atomic mass is 16.7. The molecular weight excluding hydrogens is 324 g/mol. The second kappa shape index (κ2) is 9.24. The van der Waals surface area contributed by atoms with Gasteiger partial charge in [-0.15, -0.1) is 0 Å². The van der Waals surface area contributed by atoms with Crippen LogP contribution in [-0.2, 0) is 6.54 Å². The van der Waals surface area contributed by atoms with E-state index in [0.717, 1.165) is 18.0 Å². The van der Waals surface area contributed by atoms with E-state index in [0.29, 0.717) is 6.79 Å². The van der Waals surface area contributed by atoms with E-state index < -0.39 is 0 Å². The van der Waals surface area contributed by atoms with Crippen LogP contribution in [0.5, 0.6) is 11.5 Å². The minimum atomic E-state index is 0.356. The van der Waals surface area contributed by atoms with Crippen LogP contribution in [0.25, 0.3) is 0 Å². The first-order chi connectivity index (χ1) is 12.6. The molecule has 3 rings (SSSR count). The van der Waals surface area contributed by atoms with Gasteiger partial charge >= 0.3 is 0 Å². The van der Waals surface area contributed by atoms with Gasteiger partial charge in [-0.2, -0.15) is 0 Å². The molecule has 142 valence electrons. The molecule has 0 radical (unpaired) electrons. The van der Waals surface area contributed by atoms with Crippen molar-refractivity contribution >= 4 is 0 Å². The van der Waals surface area contributed by atoms with Gasteiger partial charge in [0.15, 0.2) is 11.5 Å². The van der Waals surface area contributed by atoms with Crippen molar-refractivity contribution in [3.8, 4) is 11.5 Å². The Morgan fingerprint density at radius 3 is 2.46 bits per heavy atom. The molecular formula is C22H34N2O2+2. The molecule has 4 nitrogen and oxygen atoms in total. The number of allylic oxidation sites excluding steroid dienone is 3. The second-order valence-electron chi connectivity index (χ2n) is 7.94. The summed E-state index contributed by atoms with van der Waals surface area (Å²) < 4.78 is 10.9. The van der Waals surface area contributed by atoms with Crippen LogP contribution < -0.4 is 19.3 Å². The number of piperazine rings is 1. The Labute approximate surface area is 158 Å². The first-order valence-electron chi connectivity index (χ1n) is 9.95. The van der Waals surface area contributed by atoms with Gasteiger partial charge in [0.25, 0.3) is 0 Å². The van der Waals surface area contributed by atoms with Crippen LogP contribution >= 0.6 is 0 Å². The number of hydrogen-bond donors (Lipinski definition) is 2. The Hall–Kier alpha value is -1.78. The van der Waals surface area contributed by atoms with Crippen LogP contribution in [0.2, 0.25) is 0 Å². The lowest BCUT2D eigenvalue weighted by Crippen LogP contribution is -3.27. The number of ether oxygens (including phenoxy) is 2. The molecule has 0 unspecified atom stereocenters. The molecule has 1 aromatic rings. The van der Waals surface area contributed by atoms with Gasteiger partial charge in [0, 0.05) is 5.56 Å². The molecule has 2 aliphatic rings. The topological polar surface area (TPSA) is 27.3 Å². The summed E-state index contributed by atoms with van der Waals surface area (Å²) in [6, 6.07) is 6.37. The van der Waals surface area contributed by atoms with Crippen molar-refractivity contribution in [2.45, 2.75) is 40.2 Å². The summed E-state index contributed by atoms with van der Waals surface area (Å²) in [7, 11) is 0. The molecule has 2 aliphatic heterocycles. The van der Waals surface area contributed by atoms with Crippen LogP contribution in [0.3, 0.4) is 0 Å². The molecule has 0 saturated carbocycles. The zero-order valence-electron chi connectivity index (χ0n) is 16.6. The monoisotopic (exact) mass is 358 g/mol. The highest BCUT2D eigenvalue weighted by Crippen LogP contribution is 2.32. The average molecular weight is 359 g/mol. The first kappa shape index (κ1) is 19.0. The van der Waals surface area contributed by atoms with Gasteiger partial charge in [-0.05, 0) is 57.9 Å². The average Bonchev–Trinajstić information content (AvgIpc) is 3.08. The largest absolute Gasteiger partial charge is 0.454 e. The Kier molecular flexibility index (Phi) is 6.75. The molecule has 1 fully saturated rings. The van der Waals surface area contributed by atoms with Crippen molar-refractivity contribution in [3.05, 3.63) is 47.1 Å². The van der Waals surface area contributed by atoms with Gasteiger partial charge in [0.2, 0.25) is 6.79 Å².